The van der Waals surface area contributed by atoms with E-state index in [2.05, 4.69) is 20.2 Å². The van der Waals surface area contributed by atoms with Crippen LogP contribution in [-0.4, -0.2) is 54.4 Å². The SMILES string of the molecule is Cc1ccc(-c2noc(-c3cnn4c(C5CCN(C(=O)OC(C)(C)C)CC5)cc(=O)[nH]c34)n2)c(C(F)(F)F)c1. The van der Waals surface area contributed by atoms with Crippen LogP contribution < -0.4 is 5.56 Å². The first-order valence-electron chi connectivity index (χ1n) is 12.4. The summed E-state index contributed by atoms with van der Waals surface area (Å²) >= 11 is 0. The van der Waals surface area contributed by atoms with E-state index in [1.54, 1.807) is 16.3 Å². The molecule has 3 aromatic heterocycles. The number of fused-ring (bicyclic) bond motifs is 1. The summed E-state index contributed by atoms with van der Waals surface area (Å²) in [5.41, 5.74) is -0.427. The van der Waals surface area contributed by atoms with Gasteiger partial charge in [-0.2, -0.15) is 23.3 Å². The number of benzene rings is 1. The standard InChI is InChI=1S/C26H27F3N6O4/c1-14-5-6-16(18(11-14)26(27,28)29)21-32-23(39-33-21)17-13-30-35-19(12-20(36)31-22(17)35)15-7-9-34(10-8-15)24(37)38-25(2,3)4/h5-6,11-13,15H,7-10H2,1-4H3,(H,31,36). The topological polar surface area (TPSA) is 119 Å². The molecule has 0 aliphatic carbocycles. The zero-order valence-corrected chi connectivity index (χ0v) is 21.8. The Morgan fingerprint density at radius 2 is 1.85 bits per heavy atom. The van der Waals surface area contributed by atoms with E-state index in [9.17, 15) is 22.8 Å². The van der Waals surface area contributed by atoms with Crippen LogP contribution in [0.25, 0.3) is 28.5 Å². The molecule has 0 saturated carbocycles. The molecule has 0 bridgehead atoms. The van der Waals surface area contributed by atoms with Gasteiger partial charge in [-0.05, 0) is 46.6 Å². The maximum atomic E-state index is 13.6. The predicted octanol–water partition coefficient (Wildman–Crippen LogP) is 5.18. The van der Waals surface area contributed by atoms with Crippen LogP contribution in [0.2, 0.25) is 0 Å². The number of nitrogens with one attached hydrogen (secondary N) is 1. The summed E-state index contributed by atoms with van der Waals surface area (Å²) in [5, 5.41) is 8.17. The van der Waals surface area contributed by atoms with Crippen molar-refractivity contribution in [1.82, 2.24) is 29.6 Å². The van der Waals surface area contributed by atoms with E-state index in [0.29, 0.717) is 37.2 Å². The van der Waals surface area contributed by atoms with Crippen molar-refractivity contribution in [2.75, 3.05) is 13.1 Å². The zero-order valence-electron chi connectivity index (χ0n) is 21.8. The van der Waals surface area contributed by atoms with Crippen LogP contribution in [-0.2, 0) is 10.9 Å². The lowest BCUT2D eigenvalue weighted by atomic mass is 9.93. The highest BCUT2D eigenvalue weighted by Crippen LogP contribution is 2.37. The molecule has 0 spiro atoms. The monoisotopic (exact) mass is 544 g/mol. The average molecular weight is 545 g/mol. The van der Waals surface area contributed by atoms with Gasteiger partial charge in [-0.1, -0.05) is 22.9 Å². The fourth-order valence-corrected chi connectivity index (χ4v) is 4.67. The molecule has 4 heterocycles. The Morgan fingerprint density at radius 1 is 1.13 bits per heavy atom. The van der Waals surface area contributed by atoms with Crippen LogP contribution in [0, 0.1) is 6.92 Å². The number of aromatic amines is 1. The number of halogens is 3. The minimum atomic E-state index is -4.61. The number of aryl methyl sites for hydroxylation is 1. The van der Waals surface area contributed by atoms with Gasteiger partial charge in [-0.15, -0.1) is 0 Å². The predicted molar refractivity (Wildman–Crippen MR) is 134 cm³/mol. The Bertz CT molecular complexity index is 1590. The molecule has 0 atom stereocenters. The van der Waals surface area contributed by atoms with Crippen molar-refractivity contribution in [2.45, 2.75) is 58.2 Å². The summed E-state index contributed by atoms with van der Waals surface area (Å²) in [6.45, 7) is 7.89. The van der Waals surface area contributed by atoms with Gasteiger partial charge in [0.15, 0.2) is 0 Å². The minimum Gasteiger partial charge on any atom is -0.444 e. The Kier molecular flexibility index (Phi) is 6.47. The summed E-state index contributed by atoms with van der Waals surface area (Å²) in [5.74, 6) is -0.382. The molecule has 13 heteroatoms. The molecule has 5 rings (SSSR count). The molecular weight excluding hydrogens is 517 g/mol. The van der Waals surface area contributed by atoms with Crippen molar-refractivity contribution in [1.29, 1.82) is 0 Å². The quantitative estimate of drug-likeness (QED) is 0.377. The highest BCUT2D eigenvalue weighted by atomic mass is 19.4. The van der Waals surface area contributed by atoms with Crippen molar-refractivity contribution in [3.05, 3.63) is 57.6 Å². The molecule has 206 valence electrons. The molecule has 0 radical (unpaired) electrons. The molecule has 1 aromatic carbocycles. The summed E-state index contributed by atoms with van der Waals surface area (Å²) in [7, 11) is 0. The third-order valence-corrected chi connectivity index (χ3v) is 6.48. The lowest BCUT2D eigenvalue weighted by Gasteiger charge is -2.33. The molecule has 1 aliphatic heterocycles. The summed E-state index contributed by atoms with van der Waals surface area (Å²) in [6, 6.07) is 5.32. The Balaban J connectivity index is 1.44. The van der Waals surface area contributed by atoms with Crippen LogP contribution in [0.3, 0.4) is 0 Å². The number of hydrogen-bond acceptors (Lipinski definition) is 7. The van der Waals surface area contributed by atoms with Crippen LogP contribution in [0.15, 0.2) is 39.8 Å². The first-order valence-corrected chi connectivity index (χ1v) is 12.4. The molecule has 4 aromatic rings. The second kappa shape index (κ2) is 9.54. The molecule has 1 fully saturated rings. The van der Waals surface area contributed by atoms with Crippen molar-refractivity contribution in [3.8, 4) is 22.8 Å². The number of carbonyl (C=O) groups is 1. The maximum Gasteiger partial charge on any atom is 0.417 e. The number of nitrogens with zero attached hydrogens (tertiary/aromatic N) is 5. The highest BCUT2D eigenvalue weighted by Gasteiger charge is 2.35. The van der Waals surface area contributed by atoms with Gasteiger partial charge in [0.2, 0.25) is 5.82 Å². The lowest BCUT2D eigenvalue weighted by Crippen LogP contribution is -2.41. The summed E-state index contributed by atoms with van der Waals surface area (Å²) in [6.07, 6.45) is -2.39. The second-order valence-corrected chi connectivity index (χ2v) is 10.6. The van der Waals surface area contributed by atoms with Crippen molar-refractivity contribution < 1.29 is 27.2 Å². The third kappa shape index (κ3) is 5.38. The van der Waals surface area contributed by atoms with E-state index in [-0.39, 0.29) is 46.1 Å². The number of alkyl halides is 3. The number of likely N-dealkylation sites (tertiary alicyclic amines) is 1. The van der Waals surface area contributed by atoms with Gasteiger partial charge in [0, 0.05) is 30.6 Å². The number of hydrogen-bond donors (Lipinski definition) is 1. The molecule has 1 aliphatic rings. The Hall–Kier alpha value is -4.16. The van der Waals surface area contributed by atoms with Gasteiger partial charge in [-0.3, -0.25) is 4.79 Å². The smallest absolute Gasteiger partial charge is 0.417 e. The van der Waals surface area contributed by atoms with Crippen LogP contribution in [0.5, 0.6) is 0 Å². The molecule has 10 nitrogen and oxygen atoms in total. The van der Waals surface area contributed by atoms with Gasteiger partial charge in [-0.25, -0.2) is 9.31 Å². The van der Waals surface area contributed by atoms with Gasteiger partial charge in [0.05, 0.1) is 17.5 Å². The second-order valence-electron chi connectivity index (χ2n) is 10.6. The van der Waals surface area contributed by atoms with E-state index in [1.165, 1.54) is 24.4 Å². The number of amides is 1. The van der Waals surface area contributed by atoms with E-state index >= 15 is 0 Å². The molecule has 39 heavy (non-hydrogen) atoms. The molecule has 1 saturated heterocycles. The molecule has 0 unspecified atom stereocenters. The van der Waals surface area contributed by atoms with Gasteiger partial charge in [0.1, 0.15) is 16.8 Å². The van der Waals surface area contributed by atoms with Crippen LogP contribution in [0.1, 0.15) is 56.4 Å². The minimum absolute atomic E-state index is 0.0682. The van der Waals surface area contributed by atoms with E-state index in [0.717, 1.165) is 6.07 Å². The average Bonchev–Trinajstić information content (AvgIpc) is 3.49. The van der Waals surface area contributed by atoms with E-state index in [1.807, 2.05) is 20.8 Å². The third-order valence-electron chi connectivity index (χ3n) is 6.48. The van der Waals surface area contributed by atoms with E-state index < -0.39 is 17.3 Å². The Morgan fingerprint density at radius 3 is 2.51 bits per heavy atom. The first kappa shape index (κ1) is 26.4. The number of carbonyl (C=O) groups excluding carboxylic acids is 1. The highest BCUT2D eigenvalue weighted by molar-refractivity contribution is 5.73. The van der Waals surface area contributed by atoms with Crippen molar-refractivity contribution >= 4 is 11.7 Å². The number of ether oxygens (including phenoxy) is 1. The maximum absolute atomic E-state index is 13.6. The fourth-order valence-electron chi connectivity index (χ4n) is 4.67. The first-order chi connectivity index (χ1) is 18.3. The summed E-state index contributed by atoms with van der Waals surface area (Å²) in [4.78, 5) is 33.6. The number of rotatable bonds is 3. The number of piperidine rings is 1. The zero-order chi connectivity index (χ0) is 28.1. The lowest BCUT2D eigenvalue weighted by molar-refractivity contribution is -0.137. The van der Waals surface area contributed by atoms with Crippen molar-refractivity contribution in [2.24, 2.45) is 0 Å². The largest absolute Gasteiger partial charge is 0.444 e. The molecule has 1 amide bonds. The molecule has 1 N–H and O–H groups in total. The number of aromatic nitrogens is 5. The van der Waals surface area contributed by atoms with Crippen LogP contribution >= 0.6 is 0 Å². The van der Waals surface area contributed by atoms with E-state index in [4.69, 9.17) is 9.26 Å². The fraction of sp³-hybridized carbons (Fsp3) is 0.423. The Labute approximate surface area is 220 Å². The summed E-state index contributed by atoms with van der Waals surface area (Å²) < 4.78 is 53.2. The van der Waals surface area contributed by atoms with Gasteiger partial charge < -0.3 is 19.1 Å². The normalized spacial score (nSPS) is 15.2. The van der Waals surface area contributed by atoms with Crippen LogP contribution in [0.4, 0.5) is 18.0 Å². The van der Waals surface area contributed by atoms with Gasteiger partial charge in [0.25, 0.3) is 11.4 Å². The van der Waals surface area contributed by atoms with Crippen molar-refractivity contribution in [3.63, 3.8) is 0 Å². The van der Waals surface area contributed by atoms with Gasteiger partial charge >= 0.3 is 12.3 Å². The molecular formula is C26H27F3N6O4. The number of H-pyrrole nitrogens is 1.